The van der Waals surface area contributed by atoms with Crippen LogP contribution in [0.1, 0.15) is 15.2 Å². The lowest BCUT2D eigenvalue weighted by atomic mass is 10.2. The van der Waals surface area contributed by atoms with Gasteiger partial charge in [0.05, 0.1) is 15.0 Å². The monoisotopic (exact) mass is 314 g/mol. The van der Waals surface area contributed by atoms with Crippen LogP contribution in [-0.4, -0.2) is 13.0 Å². The minimum absolute atomic E-state index is 0.140. The molecule has 1 heterocycles. The van der Waals surface area contributed by atoms with E-state index < -0.39 is 0 Å². The van der Waals surface area contributed by atoms with Crippen LogP contribution in [0.15, 0.2) is 30.3 Å². The van der Waals surface area contributed by atoms with Crippen LogP contribution in [0.4, 0.5) is 5.69 Å². The molecular weight excluding hydrogens is 303 g/mol. The Morgan fingerprint density at radius 2 is 2.05 bits per heavy atom. The molecule has 1 aromatic carbocycles. The predicted molar refractivity (Wildman–Crippen MR) is 81.5 cm³/mol. The fraction of sp³-hybridized carbons (Fsp3) is 0.154. The number of nitrogens with one attached hydrogen (secondary N) is 2. The molecule has 1 aromatic heterocycles. The second-order valence-electron chi connectivity index (χ2n) is 3.83. The van der Waals surface area contributed by atoms with E-state index in [2.05, 4.69) is 10.6 Å². The SMILES string of the molecule is CNC(=O)c1ccc(Cl)c(NCc2ccc(Cl)s2)c1. The lowest BCUT2D eigenvalue weighted by molar-refractivity contribution is 0.0963. The second kappa shape index (κ2) is 6.28. The highest BCUT2D eigenvalue weighted by Gasteiger charge is 2.07. The maximum absolute atomic E-state index is 11.6. The lowest BCUT2D eigenvalue weighted by Crippen LogP contribution is -2.17. The van der Waals surface area contributed by atoms with Crippen molar-refractivity contribution in [2.24, 2.45) is 0 Å². The third-order valence-electron chi connectivity index (χ3n) is 2.54. The summed E-state index contributed by atoms with van der Waals surface area (Å²) in [6.07, 6.45) is 0. The summed E-state index contributed by atoms with van der Waals surface area (Å²) in [7, 11) is 1.59. The average molecular weight is 315 g/mol. The number of hydrogen-bond acceptors (Lipinski definition) is 3. The van der Waals surface area contributed by atoms with Crippen LogP contribution in [0.2, 0.25) is 9.36 Å². The summed E-state index contributed by atoms with van der Waals surface area (Å²) in [6, 6.07) is 8.93. The van der Waals surface area contributed by atoms with Gasteiger partial charge in [-0.1, -0.05) is 23.2 Å². The van der Waals surface area contributed by atoms with Crippen LogP contribution in [0.25, 0.3) is 0 Å². The molecule has 2 N–H and O–H groups in total. The first kappa shape index (κ1) is 14.2. The van der Waals surface area contributed by atoms with Crippen molar-refractivity contribution in [1.82, 2.24) is 5.32 Å². The molecule has 0 saturated heterocycles. The van der Waals surface area contributed by atoms with Crippen molar-refractivity contribution in [3.8, 4) is 0 Å². The van der Waals surface area contributed by atoms with Gasteiger partial charge in [-0.25, -0.2) is 0 Å². The smallest absolute Gasteiger partial charge is 0.251 e. The third-order valence-corrected chi connectivity index (χ3v) is 4.10. The molecule has 0 aliphatic rings. The Balaban J connectivity index is 2.12. The Labute approximate surface area is 125 Å². The Hall–Kier alpha value is -1.23. The van der Waals surface area contributed by atoms with Crippen LogP contribution in [0, 0.1) is 0 Å². The molecule has 0 bridgehead atoms. The minimum Gasteiger partial charge on any atom is -0.379 e. The molecule has 2 rings (SSSR count). The summed E-state index contributed by atoms with van der Waals surface area (Å²) in [6.45, 7) is 0.619. The van der Waals surface area contributed by atoms with E-state index in [4.69, 9.17) is 23.2 Å². The van der Waals surface area contributed by atoms with Gasteiger partial charge in [0.1, 0.15) is 0 Å². The molecule has 2 aromatic rings. The maximum Gasteiger partial charge on any atom is 0.251 e. The van der Waals surface area contributed by atoms with Gasteiger partial charge >= 0.3 is 0 Å². The summed E-state index contributed by atoms with van der Waals surface area (Å²) in [4.78, 5) is 12.7. The molecule has 0 aliphatic carbocycles. The van der Waals surface area contributed by atoms with Gasteiger partial charge in [-0.3, -0.25) is 4.79 Å². The molecule has 6 heteroatoms. The molecule has 0 aliphatic heterocycles. The quantitative estimate of drug-likeness (QED) is 0.894. The van der Waals surface area contributed by atoms with Gasteiger partial charge in [0, 0.05) is 24.0 Å². The second-order valence-corrected chi connectivity index (χ2v) is 6.04. The third kappa shape index (κ3) is 3.62. The molecule has 0 radical (unpaired) electrons. The Morgan fingerprint density at radius 3 is 2.68 bits per heavy atom. The zero-order valence-corrected chi connectivity index (χ0v) is 12.5. The van der Waals surface area contributed by atoms with Crippen LogP contribution < -0.4 is 10.6 Å². The van der Waals surface area contributed by atoms with Gasteiger partial charge in [0.2, 0.25) is 0 Å². The summed E-state index contributed by atoms with van der Waals surface area (Å²) >= 11 is 13.5. The van der Waals surface area contributed by atoms with Crippen LogP contribution >= 0.6 is 34.5 Å². The largest absolute Gasteiger partial charge is 0.379 e. The maximum atomic E-state index is 11.6. The van der Waals surface area contributed by atoms with Crippen molar-refractivity contribution in [2.45, 2.75) is 6.54 Å². The number of amides is 1. The van der Waals surface area contributed by atoms with E-state index in [1.54, 1.807) is 25.2 Å². The predicted octanol–water partition coefficient (Wildman–Crippen LogP) is 4.03. The molecule has 0 unspecified atom stereocenters. The van der Waals surface area contributed by atoms with E-state index in [-0.39, 0.29) is 5.91 Å². The first-order chi connectivity index (χ1) is 9.10. The summed E-state index contributed by atoms with van der Waals surface area (Å²) < 4.78 is 0.752. The van der Waals surface area contributed by atoms with Crippen molar-refractivity contribution >= 4 is 46.1 Å². The molecule has 0 saturated carbocycles. The van der Waals surface area contributed by atoms with Crippen LogP contribution in [-0.2, 0) is 6.54 Å². The summed E-state index contributed by atoms with van der Waals surface area (Å²) in [5, 5.41) is 6.36. The van der Waals surface area contributed by atoms with Gasteiger partial charge in [0.15, 0.2) is 0 Å². The zero-order chi connectivity index (χ0) is 13.8. The van der Waals surface area contributed by atoms with Gasteiger partial charge in [0.25, 0.3) is 5.91 Å². The van der Waals surface area contributed by atoms with E-state index in [0.717, 1.165) is 14.9 Å². The van der Waals surface area contributed by atoms with Crippen molar-refractivity contribution in [1.29, 1.82) is 0 Å². The first-order valence-electron chi connectivity index (χ1n) is 5.60. The summed E-state index contributed by atoms with van der Waals surface area (Å²) in [5.41, 5.74) is 1.30. The summed E-state index contributed by atoms with van der Waals surface area (Å²) in [5.74, 6) is -0.140. The highest BCUT2D eigenvalue weighted by Crippen LogP contribution is 2.26. The highest BCUT2D eigenvalue weighted by atomic mass is 35.5. The number of halogens is 2. The normalized spacial score (nSPS) is 10.3. The molecule has 0 fully saturated rings. The van der Waals surface area contributed by atoms with Crippen molar-refractivity contribution in [2.75, 3.05) is 12.4 Å². The molecule has 1 amide bonds. The van der Waals surface area contributed by atoms with Crippen molar-refractivity contribution in [3.63, 3.8) is 0 Å². The number of anilines is 1. The van der Waals surface area contributed by atoms with Crippen molar-refractivity contribution in [3.05, 3.63) is 50.1 Å². The fourth-order valence-electron chi connectivity index (χ4n) is 1.58. The van der Waals surface area contributed by atoms with Gasteiger partial charge in [-0.05, 0) is 30.3 Å². The number of rotatable bonds is 4. The van der Waals surface area contributed by atoms with Crippen molar-refractivity contribution < 1.29 is 4.79 Å². The van der Waals surface area contributed by atoms with Crippen LogP contribution in [0.5, 0.6) is 0 Å². The average Bonchev–Trinajstić information content (AvgIpc) is 2.82. The molecule has 19 heavy (non-hydrogen) atoms. The number of benzene rings is 1. The fourth-order valence-corrected chi connectivity index (χ4v) is 2.79. The first-order valence-corrected chi connectivity index (χ1v) is 7.17. The molecular formula is C13H12Cl2N2OS. The number of carbonyl (C=O) groups excluding carboxylic acids is 1. The van der Waals surface area contributed by atoms with E-state index in [9.17, 15) is 4.79 Å². The Morgan fingerprint density at radius 1 is 1.26 bits per heavy atom. The number of carbonyl (C=O) groups is 1. The van der Waals surface area contributed by atoms with Gasteiger partial charge < -0.3 is 10.6 Å². The Kier molecular flexibility index (Phi) is 4.69. The van der Waals surface area contributed by atoms with E-state index >= 15 is 0 Å². The molecule has 0 atom stereocenters. The minimum atomic E-state index is -0.140. The molecule has 0 spiro atoms. The number of hydrogen-bond donors (Lipinski definition) is 2. The molecule has 100 valence electrons. The van der Waals surface area contributed by atoms with Gasteiger partial charge in [-0.15, -0.1) is 11.3 Å². The molecule has 3 nitrogen and oxygen atoms in total. The standard InChI is InChI=1S/C13H12Cl2N2OS/c1-16-13(18)8-2-4-10(14)11(6-8)17-7-9-3-5-12(15)19-9/h2-6,17H,7H2,1H3,(H,16,18). The van der Waals surface area contributed by atoms with E-state index in [0.29, 0.717) is 17.1 Å². The number of thiophene rings is 1. The Bertz CT molecular complexity index is 598. The van der Waals surface area contributed by atoms with E-state index in [1.807, 2.05) is 12.1 Å². The lowest BCUT2D eigenvalue weighted by Gasteiger charge is -2.09. The zero-order valence-electron chi connectivity index (χ0n) is 10.2. The topological polar surface area (TPSA) is 41.1 Å². The van der Waals surface area contributed by atoms with E-state index in [1.165, 1.54) is 11.3 Å². The van der Waals surface area contributed by atoms with Gasteiger partial charge in [-0.2, -0.15) is 0 Å². The highest BCUT2D eigenvalue weighted by molar-refractivity contribution is 7.16. The van der Waals surface area contributed by atoms with Crippen LogP contribution in [0.3, 0.4) is 0 Å².